The maximum Gasteiger partial charge on any atom is 0.177 e. The molecule has 0 aliphatic rings. The van der Waals surface area contributed by atoms with Crippen molar-refractivity contribution in [3.05, 3.63) is 30.8 Å². The Labute approximate surface area is 108 Å². The van der Waals surface area contributed by atoms with E-state index in [1.807, 2.05) is 0 Å². The van der Waals surface area contributed by atoms with Crippen LogP contribution in [0.5, 0.6) is 0 Å². The van der Waals surface area contributed by atoms with Crippen molar-refractivity contribution in [2.24, 2.45) is 0 Å². The van der Waals surface area contributed by atoms with Gasteiger partial charge in [-0.3, -0.25) is 4.79 Å². The average Bonchev–Trinajstić information content (AvgIpc) is 2.12. The highest BCUT2D eigenvalue weighted by atomic mass is 127. The van der Waals surface area contributed by atoms with Gasteiger partial charge >= 0.3 is 0 Å². The van der Waals surface area contributed by atoms with Crippen molar-refractivity contribution in [2.45, 2.75) is 0 Å². The van der Waals surface area contributed by atoms with Gasteiger partial charge in [0.15, 0.2) is 5.78 Å². The lowest BCUT2D eigenvalue weighted by Gasteiger charge is -2.02. The van der Waals surface area contributed by atoms with Crippen molar-refractivity contribution in [1.82, 2.24) is 0 Å². The Balaban J connectivity index is 3.20. The third kappa shape index (κ3) is 2.81. The largest absolute Gasteiger partial charge is 0.293 e. The second-order valence-electron chi connectivity index (χ2n) is 2.31. The molecule has 0 N–H and O–H groups in total. The minimum atomic E-state index is -0.100. The van der Waals surface area contributed by atoms with Gasteiger partial charge in [0, 0.05) is 13.6 Å². The summed E-state index contributed by atoms with van der Waals surface area (Å²) < 4.78 is 1.55. The highest BCUT2D eigenvalue weighted by Gasteiger charge is 2.09. The summed E-state index contributed by atoms with van der Waals surface area (Å²) in [7, 11) is 0. The second kappa shape index (κ2) is 4.96. The van der Waals surface area contributed by atoms with Crippen molar-refractivity contribution in [3.63, 3.8) is 0 Å². The molecule has 0 saturated carbocycles. The zero-order chi connectivity index (χ0) is 10.0. The predicted molar refractivity (Wildman–Crippen MR) is 66.9 cm³/mol. The summed E-state index contributed by atoms with van der Waals surface area (Å²) in [5.41, 5.74) is 0.579. The van der Waals surface area contributed by atoms with E-state index in [0.717, 1.165) is 8.04 Å². The number of carbonyl (C=O) groups excluding carboxylic acids is 1. The molecule has 13 heavy (non-hydrogen) atoms. The molecule has 0 atom stereocenters. The van der Waals surface area contributed by atoms with Crippen molar-refractivity contribution >= 4 is 67.5 Å². The van der Waals surface area contributed by atoms with E-state index in [0.29, 0.717) is 10.6 Å². The maximum absolute atomic E-state index is 11.2. The van der Waals surface area contributed by atoms with Gasteiger partial charge in [-0.2, -0.15) is 0 Å². The number of hydrogen-bond acceptors (Lipinski definition) is 1. The molecule has 1 aromatic carbocycles. The van der Waals surface area contributed by atoms with Crippen molar-refractivity contribution in [1.29, 1.82) is 0 Å². The number of alkyl halides is 1. The predicted octanol–water partition coefficient (Wildman–Crippen LogP) is 4.13. The van der Waals surface area contributed by atoms with Gasteiger partial charge in [-0.15, -0.1) is 11.6 Å². The summed E-state index contributed by atoms with van der Waals surface area (Å²) >= 11 is 16.7. The van der Waals surface area contributed by atoms with Gasteiger partial charge in [-0.25, -0.2) is 0 Å². The van der Waals surface area contributed by atoms with Gasteiger partial charge in [0.05, 0.1) is 10.9 Å². The van der Waals surface area contributed by atoms with Crippen molar-refractivity contribution in [2.75, 3.05) is 5.88 Å². The molecule has 0 bridgehead atoms. The van der Waals surface area contributed by atoms with E-state index in [4.69, 9.17) is 23.2 Å². The summed E-state index contributed by atoms with van der Waals surface area (Å²) in [6.07, 6.45) is 0. The van der Waals surface area contributed by atoms with Crippen LogP contribution in [0.15, 0.2) is 16.6 Å². The molecule has 70 valence electrons. The Morgan fingerprint density at radius 2 is 2.15 bits per heavy atom. The van der Waals surface area contributed by atoms with E-state index in [-0.39, 0.29) is 11.7 Å². The molecule has 0 spiro atoms. The van der Waals surface area contributed by atoms with Gasteiger partial charge in [0.25, 0.3) is 0 Å². The molecule has 0 heterocycles. The van der Waals surface area contributed by atoms with Crippen molar-refractivity contribution < 1.29 is 4.79 Å². The molecule has 0 radical (unpaired) electrons. The monoisotopic (exact) mass is 392 g/mol. The smallest absolute Gasteiger partial charge is 0.177 e. The molecule has 0 aliphatic heterocycles. The normalized spacial score (nSPS) is 10.2. The lowest BCUT2D eigenvalue weighted by molar-refractivity contribution is 0.102. The maximum atomic E-state index is 11.2. The number of Topliss-reactive ketones (excluding diaryl/α,β-unsaturated/α-hetero) is 1. The zero-order valence-electron chi connectivity index (χ0n) is 6.28. The molecular weight excluding hydrogens is 390 g/mol. The third-order valence-corrected chi connectivity index (χ3v) is 4.10. The molecule has 1 nitrogen and oxygen atoms in total. The Morgan fingerprint density at radius 1 is 1.54 bits per heavy atom. The summed E-state index contributed by atoms with van der Waals surface area (Å²) in [4.78, 5) is 11.2. The van der Waals surface area contributed by atoms with Crippen LogP contribution in [-0.2, 0) is 0 Å². The van der Waals surface area contributed by atoms with Crippen LogP contribution >= 0.6 is 61.7 Å². The van der Waals surface area contributed by atoms with Crippen LogP contribution < -0.4 is 0 Å². The molecule has 0 aliphatic carbocycles. The number of carbonyl (C=O) groups is 1. The Bertz CT molecular complexity index is 331. The first-order valence-corrected chi connectivity index (χ1v) is 6.08. The fraction of sp³-hybridized carbons (Fsp3) is 0.125. The first-order valence-electron chi connectivity index (χ1n) is 3.30. The standard InChI is InChI=1S/C8H4BrCl2IO/c9-5-1-4(7(13)3-10)2-6(12)8(5)11/h1-2H,3H2. The summed E-state index contributed by atoms with van der Waals surface area (Å²) in [5.74, 6) is -0.110. The Kier molecular flexibility index (Phi) is 4.48. The minimum Gasteiger partial charge on any atom is -0.293 e. The van der Waals surface area contributed by atoms with Gasteiger partial charge in [-0.1, -0.05) is 11.6 Å². The summed E-state index contributed by atoms with van der Waals surface area (Å²) in [5, 5.41) is 0.617. The third-order valence-electron chi connectivity index (χ3n) is 1.43. The SMILES string of the molecule is O=C(CCl)c1cc(Br)c(Cl)c(I)c1. The molecule has 0 saturated heterocycles. The second-order valence-corrected chi connectivity index (χ2v) is 4.97. The number of hydrogen-bond donors (Lipinski definition) is 0. The number of rotatable bonds is 2. The minimum absolute atomic E-state index is 0.00977. The molecular formula is C8H4BrCl2IO. The molecule has 0 amide bonds. The van der Waals surface area contributed by atoms with Crippen LogP contribution in [0.25, 0.3) is 0 Å². The van der Waals surface area contributed by atoms with Gasteiger partial charge in [0.2, 0.25) is 0 Å². The van der Waals surface area contributed by atoms with Crippen LogP contribution in [0.4, 0.5) is 0 Å². The van der Waals surface area contributed by atoms with Crippen molar-refractivity contribution in [3.8, 4) is 0 Å². The van der Waals surface area contributed by atoms with Crippen LogP contribution in [0.3, 0.4) is 0 Å². The van der Waals surface area contributed by atoms with E-state index >= 15 is 0 Å². The molecule has 1 aromatic rings. The first-order chi connectivity index (χ1) is 6.06. The van der Waals surface area contributed by atoms with E-state index in [1.165, 1.54) is 0 Å². The van der Waals surface area contributed by atoms with Gasteiger partial charge in [-0.05, 0) is 50.7 Å². The molecule has 0 aromatic heterocycles. The highest BCUT2D eigenvalue weighted by molar-refractivity contribution is 14.1. The fourth-order valence-corrected chi connectivity index (χ4v) is 2.51. The van der Waals surface area contributed by atoms with E-state index in [2.05, 4.69) is 38.5 Å². The topological polar surface area (TPSA) is 17.1 Å². The molecule has 1 rings (SSSR count). The quantitative estimate of drug-likeness (QED) is 0.319. The Hall–Kier alpha value is 0.680. The number of halogens is 4. The van der Waals surface area contributed by atoms with E-state index in [9.17, 15) is 4.79 Å². The summed E-state index contributed by atoms with van der Waals surface area (Å²) in [6, 6.07) is 3.40. The van der Waals surface area contributed by atoms with Crippen LogP contribution in [-0.4, -0.2) is 11.7 Å². The van der Waals surface area contributed by atoms with Crippen LogP contribution in [0.2, 0.25) is 5.02 Å². The molecule has 0 unspecified atom stereocenters. The lowest BCUT2D eigenvalue weighted by atomic mass is 10.1. The fourth-order valence-electron chi connectivity index (χ4n) is 0.794. The zero-order valence-corrected chi connectivity index (χ0v) is 11.5. The van der Waals surface area contributed by atoms with Crippen LogP contribution in [0, 0.1) is 3.57 Å². The van der Waals surface area contributed by atoms with Crippen LogP contribution in [0.1, 0.15) is 10.4 Å². The first kappa shape index (κ1) is 11.8. The Morgan fingerprint density at radius 3 is 2.62 bits per heavy atom. The molecule has 0 fully saturated rings. The average molecular weight is 394 g/mol. The van der Waals surface area contributed by atoms with Gasteiger partial charge in [0.1, 0.15) is 0 Å². The van der Waals surface area contributed by atoms with E-state index < -0.39 is 0 Å². The number of benzene rings is 1. The lowest BCUT2D eigenvalue weighted by Crippen LogP contribution is -2.00. The number of ketones is 1. The summed E-state index contributed by atoms with van der Waals surface area (Å²) in [6.45, 7) is 0. The van der Waals surface area contributed by atoms with Gasteiger partial charge < -0.3 is 0 Å². The highest BCUT2D eigenvalue weighted by Crippen LogP contribution is 2.29. The van der Waals surface area contributed by atoms with E-state index in [1.54, 1.807) is 12.1 Å². The molecule has 5 heteroatoms.